The van der Waals surface area contributed by atoms with Crippen LogP contribution >= 0.6 is 11.8 Å². The number of aryl methyl sites for hydroxylation is 2. The number of anilines is 2. The van der Waals surface area contributed by atoms with Crippen molar-refractivity contribution in [1.29, 1.82) is 0 Å². The van der Waals surface area contributed by atoms with Crippen LogP contribution in [0.3, 0.4) is 0 Å². The summed E-state index contributed by atoms with van der Waals surface area (Å²) in [5.41, 5.74) is 4.18. The molecule has 1 aliphatic rings. The van der Waals surface area contributed by atoms with Crippen molar-refractivity contribution >= 4 is 40.2 Å². The van der Waals surface area contributed by atoms with E-state index in [0.29, 0.717) is 28.3 Å². The molecule has 1 fully saturated rings. The van der Waals surface area contributed by atoms with Gasteiger partial charge in [-0.2, -0.15) is 4.99 Å². The summed E-state index contributed by atoms with van der Waals surface area (Å²) in [6.07, 6.45) is -2.78. The molecule has 1 saturated heterocycles. The normalized spacial score (nSPS) is 15.1. The molecule has 44 heavy (non-hydrogen) atoms. The van der Waals surface area contributed by atoms with Crippen LogP contribution in [0.1, 0.15) is 29.7 Å². The zero-order valence-electron chi connectivity index (χ0n) is 23.9. The SMILES string of the molecule is COC(C)c1ccc(C)cc1N1C(=O)CSC1=NC(=O)Nc1ccc(-c2ncn(-c3ccc(OC(F)(F)F)cn3)n2)cc1C. The number of carbonyl (C=O) groups excluding carboxylic acids is 2. The number of aromatic nitrogens is 4. The number of thioether (sulfide) groups is 1. The number of ether oxygens (including phenoxy) is 2. The van der Waals surface area contributed by atoms with Crippen molar-refractivity contribution in [2.75, 3.05) is 23.1 Å². The number of pyridine rings is 1. The van der Waals surface area contributed by atoms with Crippen LogP contribution in [0.25, 0.3) is 17.2 Å². The van der Waals surface area contributed by atoms with Gasteiger partial charge in [-0.3, -0.25) is 9.69 Å². The number of amidine groups is 1. The molecule has 0 spiro atoms. The maximum Gasteiger partial charge on any atom is 0.573 e. The minimum absolute atomic E-state index is 0.148. The maximum absolute atomic E-state index is 13.0. The lowest BCUT2D eigenvalue weighted by atomic mass is 10.0. The fraction of sp³-hybridized carbons (Fsp3) is 0.241. The lowest BCUT2D eigenvalue weighted by molar-refractivity contribution is -0.274. The van der Waals surface area contributed by atoms with Crippen LogP contribution in [0, 0.1) is 13.8 Å². The van der Waals surface area contributed by atoms with E-state index in [0.717, 1.165) is 23.4 Å². The van der Waals surface area contributed by atoms with Gasteiger partial charge in [0.25, 0.3) is 0 Å². The van der Waals surface area contributed by atoms with Crippen molar-refractivity contribution in [3.05, 3.63) is 77.7 Å². The van der Waals surface area contributed by atoms with Crippen LogP contribution in [-0.2, 0) is 9.53 Å². The molecule has 0 aliphatic carbocycles. The van der Waals surface area contributed by atoms with E-state index in [2.05, 4.69) is 30.1 Å². The summed E-state index contributed by atoms with van der Waals surface area (Å²) in [6, 6.07) is 12.6. The number of methoxy groups -OCH3 is 1. The van der Waals surface area contributed by atoms with E-state index < -0.39 is 18.1 Å². The number of carbonyl (C=O) groups is 2. The van der Waals surface area contributed by atoms with E-state index in [1.165, 1.54) is 33.7 Å². The molecule has 1 atom stereocenters. The number of rotatable bonds is 7. The molecule has 5 rings (SSSR count). The second-order valence-electron chi connectivity index (χ2n) is 9.72. The van der Waals surface area contributed by atoms with E-state index in [4.69, 9.17) is 4.74 Å². The average molecular weight is 626 g/mol. The third kappa shape index (κ3) is 6.89. The molecular weight excluding hydrogens is 599 g/mol. The number of urea groups is 1. The Morgan fingerprint density at radius 3 is 2.59 bits per heavy atom. The predicted molar refractivity (Wildman–Crippen MR) is 159 cm³/mol. The van der Waals surface area contributed by atoms with E-state index >= 15 is 0 Å². The average Bonchev–Trinajstić information content (AvgIpc) is 3.60. The van der Waals surface area contributed by atoms with Gasteiger partial charge in [0, 0.05) is 23.9 Å². The van der Waals surface area contributed by atoms with E-state index in [9.17, 15) is 22.8 Å². The topological polar surface area (TPSA) is 124 Å². The number of halogens is 3. The molecule has 1 N–H and O–H groups in total. The molecule has 2 aromatic carbocycles. The fourth-order valence-corrected chi connectivity index (χ4v) is 5.24. The van der Waals surface area contributed by atoms with Gasteiger partial charge in [0.05, 0.1) is 23.7 Å². The number of aliphatic imine (C=N–C) groups is 1. The van der Waals surface area contributed by atoms with Crippen LogP contribution in [-0.4, -0.2) is 56.1 Å². The molecule has 228 valence electrons. The third-order valence-electron chi connectivity index (χ3n) is 6.59. The standard InChI is InChI=1S/C29H26F3N7O4S/c1-16-5-8-21(18(3)42-4)23(11-16)39-25(40)14-44-28(39)36-27(41)35-22-9-6-19(12-17(22)2)26-34-15-38(37-26)24-10-7-20(13-33-24)43-29(30,31)32/h5-13,15,18H,14H2,1-4H3,(H,35,41). The summed E-state index contributed by atoms with van der Waals surface area (Å²) >= 11 is 1.18. The first-order chi connectivity index (χ1) is 20.9. The van der Waals surface area contributed by atoms with E-state index in [1.54, 1.807) is 32.2 Å². The van der Waals surface area contributed by atoms with Crippen molar-refractivity contribution < 1.29 is 32.2 Å². The molecule has 0 bridgehead atoms. The summed E-state index contributed by atoms with van der Waals surface area (Å²) in [5, 5.41) is 7.38. The molecule has 4 aromatic rings. The van der Waals surface area contributed by atoms with Crippen LogP contribution in [0.15, 0.2) is 66.0 Å². The molecular formula is C29H26F3N7O4S. The first-order valence-corrected chi connectivity index (χ1v) is 14.1. The largest absolute Gasteiger partial charge is 0.573 e. The smallest absolute Gasteiger partial charge is 0.404 e. The molecule has 15 heteroatoms. The molecule has 1 unspecified atom stereocenters. The Kier molecular flexibility index (Phi) is 8.69. The highest BCUT2D eigenvalue weighted by Gasteiger charge is 2.33. The number of hydrogen-bond donors (Lipinski definition) is 1. The Balaban J connectivity index is 1.31. The van der Waals surface area contributed by atoms with Crippen molar-refractivity contribution in [3.8, 4) is 23.0 Å². The van der Waals surface area contributed by atoms with Crippen molar-refractivity contribution in [3.63, 3.8) is 0 Å². The quantitative estimate of drug-likeness (QED) is 0.257. The molecule has 1 aliphatic heterocycles. The molecule has 0 radical (unpaired) electrons. The Morgan fingerprint density at radius 2 is 1.91 bits per heavy atom. The summed E-state index contributed by atoms with van der Waals surface area (Å²) < 4.78 is 47.9. The van der Waals surface area contributed by atoms with Gasteiger partial charge in [0.15, 0.2) is 16.8 Å². The number of hydrogen-bond acceptors (Lipinski definition) is 8. The van der Waals surface area contributed by atoms with E-state index in [-0.39, 0.29) is 28.7 Å². The summed E-state index contributed by atoms with van der Waals surface area (Å²) in [6.45, 7) is 5.58. The van der Waals surface area contributed by atoms with Gasteiger partial charge in [0.2, 0.25) is 5.91 Å². The van der Waals surface area contributed by atoms with Crippen LogP contribution in [0.2, 0.25) is 0 Å². The molecule has 3 amide bonds. The number of benzene rings is 2. The fourth-order valence-electron chi connectivity index (χ4n) is 4.38. The van der Waals surface area contributed by atoms with Crippen molar-refractivity contribution in [2.24, 2.45) is 4.99 Å². The lowest BCUT2D eigenvalue weighted by Gasteiger charge is -2.23. The second kappa shape index (κ2) is 12.5. The zero-order chi connectivity index (χ0) is 31.6. The predicted octanol–water partition coefficient (Wildman–Crippen LogP) is 6.22. The highest BCUT2D eigenvalue weighted by atomic mass is 32.2. The number of alkyl halides is 3. The molecule has 11 nitrogen and oxygen atoms in total. The minimum Gasteiger partial charge on any atom is -0.404 e. The Bertz CT molecular complexity index is 1740. The number of nitrogens with zero attached hydrogens (tertiary/aromatic N) is 6. The molecule has 3 heterocycles. The zero-order valence-corrected chi connectivity index (χ0v) is 24.7. The van der Waals surface area contributed by atoms with Gasteiger partial charge in [-0.1, -0.05) is 23.9 Å². The van der Waals surface area contributed by atoms with Gasteiger partial charge in [0.1, 0.15) is 12.1 Å². The first kappa shape index (κ1) is 30.7. The second-order valence-corrected chi connectivity index (χ2v) is 10.7. The Morgan fingerprint density at radius 1 is 1.11 bits per heavy atom. The molecule has 2 aromatic heterocycles. The van der Waals surface area contributed by atoms with Crippen molar-refractivity contribution in [1.82, 2.24) is 19.7 Å². The van der Waals surface area contributed by atoms with Crippen LogP contribution < -0.4 is 15.0 Å². The Hall–Kier alpha value is -4.76. The highest BCUT2D eigenvalue weighted by molar-refractivity contribution is 8.15. The van der Waals surface area contributed by atoms with Crippen molar-refractivity contribution in [2.45, 2.75) is 33.2 Å². The minimum atomic E-state index is -4.82. The van der Waals surface area contributed by atoms with Gasteiger partial charge in [-0.05, 0) is 68.3 Å². The summed E-state index contributed by atoms with van der Waals surface area (Å²) in [4.78, 5) is 39.7. The number of nitrogens with one attached hydrogen (secondary N) is 1. The first-order valence-electron chi connectivity index (χ1n) is 13.2. The van der Waals surface area contributed by atoms with Gasteiger partial charge in [-0.15, -0.1) is 18.3 Å². The summed E-state index contributed by atoms with van der Waals surface area (Å²) in [5.74, 6) is 0.0791. The monoisotopic (exact) mass is 625 g/mol. The van der Waals surface area contributed by atoms with E-state index in [1.807, 2.05) is 32.0 Å². The Labute approximate surface area is 254 Å². The van der Waals surface area contributed by atoms with Crippen LogP contribution in [0.4, 0.5) is 29.3 Å². The van der Waals surface area contributed by atoms with Gasteiger partial charge < -0.3 is 14.8 Å². The highest BCUT2D eigenvalue weighted by Crippen LogP contribution is 2.35. The third-order valence-corrected chi connectivity index (χ3v) is 7.51. The maximum atomic E-state index is 13.0. The molecule has 0 saturated carbocycles. The van der Waals surface area contributed by atoms with Crippen LogP contribution in [0.5, 0.6) is 5.75 Å². The van der Waals surface area contributed by atoms with Gasteiger partial charge in [-0.25, -0.2) is 19.4 Å². The summed E-state index contributed by atoms with van der Waals surface area (Å²) in [7, 11) is 1.59. The number of amides is 3. The van der Waals surface area contributed by atoms with Gasteiger partial charge >= 0.3 is 12.4 Å². The lowest BCUT2D eigenvalue weighted by Crippen LogP contribution is -2.31.